The Labute approximate surface area is 79.7 Å². The van der Waals surface area contributed by atoms with Crippen LogP contribution in [-0.4, -0.2) is 37.9 Å². The van der Waals surface area contributed by atoms with Crippen LogP contribution in [0.5, 0.6) is 0 Å². The van der Waals surface area contributed by atoms with Gasteiger partial charge in [0.25, 0.3) is 0 Å². The Kier molecular flexibility index (Phi) is 2.40. The summed E-state index contributed by atoms with van der Waals surface area (Å²) in [5.74, 6) is -0.399. The van der Waals surface area contributed by atoms with E-state index in [0.29, 0.717) is 11.9 Å². The molecule has 1 aliphatic rings. The van der Waals surface area contributed by atoms with Crippen molar-refractivity contribution in [1.29, 1.82) is 0 Å². The van der Waals surface area contributed by atoms with E-state index in [2.05, 4.69) is 15.5 Å². The number of carbonyl (C=O) groups is 1. The van der Waals surface area contributed by atoms with Gasteiger partial charge in [0.05, 0.1) is 6.04 Å². The van der Waals surface area contributed by atoms with Crippen molar-refractivity contribution in [1.82, 2.24) is 20.2 Å². The average molecular weight is 198 g/mol. The third-order valence-corrected chi connectivity index (χ3v) is 1.91. The highest BCUT2D eigenvalue weighted by Gasteiger charge is 2.27. The summed E-state index contributed by atoms with van der Waals surface area (Å²) in [6.07, 6.45) is 2.16. The molecular formula is C7H10N4O3. The summed E-state index contributed by atoms with van der Waals surface area (Å²) in [5, 5.41) is 19.4. The standard InChI is InChI=1S/C7H10N4O3/c12-7(13)4-14-3-6-8-9-10-11(6)5-1-2-5/h5H,1-4H2,(H,12,13). The first kappa shape index (κ1) is 9.07. The summed E-state index contributed by atoms with van der Waals surface area (Å²) >= 11 is 0. The quantitative estimate of drug-likeness (QED) is 0.692. The topological polar surface area (TPSA) is 90.1 Å². The Hall–Kier alpha value is -1.50. The van der Waals surface area contributed by atoms with Crippen LogP contribution in [0.4, 0.5) is 0 Å². The number of rotatable bonds is 5. The lowest BCUT2D eigenvalue weighted by molar-refractivity contribution is -0.142. The zero-order valence-corrected chi connectivity index (χ0v) is 7.46. The van der Waals surface area contributed by atoms with Crippen molar-refractivity contribution in [3.05, 3.63) is 5.82 Å². The molecule has 7 heteroatoms. The minimum Gasteiger partial charge on any atom is -0.480 e. The lowest BCUT2D eigenvalue weighted by atomic mass is 10.6. The number of hydrogen-bond acceptors (Lipinski definition) is 5. The number of carboxylic acid groups (broad SMARTS) is 1. The lowest BCUT2D eigenvalue weighted by Crippen LogP contribution is -2.10. The van der Waals surface area contributed by atoms with Crippen LogP contribution in [0.3, 0.4) is 0 Å². The molecule has 0 spiro atoms. The van der Waals surface area contributed by atoms with Crippen LogP contribution < -0.4 is 0 Å². The predicted molar refractivity (Wildman–Crippen MR) is 43.4 cm³/mol. The molecule has 0 unspecified atom stereocenters. The molecule has 0 aliphatic heterocycles. The van der Waals surface area contributed by atoms with E-state index < -0.39 is 5.97 Å². The zero-order valence-electron chi connectivity index (χ0n) is 7.46. The minimum absolute atomic E-state index is 0.149. The molecule has 0 amide bonds. The molecule has 1 fully saturated rings. The van der Waals surface area contributed by atoms with Gasteiger partial charge in [0.1, 0.15) is 13.2 Å². The number of nitrogens with zero attached hydrogens (tertiary/aromatic N) is 4. The molecule has 1 aliphatic carbocycles. The van der Waals surface area contributed by atoms with Crippen molar-refractivity contribution in [2.24, 2.45) is 0 Å². The molecule has 1 saturated carbocycles. The summed E-state index contributed by atoms with van der Waals surface area (Å²) in [6, 6.07) is 0.383. The van der Waals surface area contributed by atoms with Gasteiger partial charge in [-0.15, -0.1) is 5.10 Å². The number of ether oxygens (including phenoxy) is 1. The normalized spacial score (nSPS) is 15.7. The van der Waals surface area contributed by atoms with Crippen molar-refractivity contribution in [2.45, 2.75) is 25.5 Å². The second-order valence-electron chi connectivity index (χ2n) is 3.16. The molecule has 76 valence electrons. The van der Waals surface area contributed by atoms with Gasteiger partial charge in [0.2, 0.25) is 0 Å². The van der Waals surface area contributed by atoms with Gasteiger partial charge in [-0.1, -0.05) is 0 Å². The Morgan fingerprint density at radius 2 is 2.43 bits per heavy atom. The van der Waals surface area contributed by atoms with Crippen LogP contribution in [0, 0.1) is 0 Å². The monoisotopic (exact) mass is 198 g/mol. The Morgan fingerprint density at radius 3 is 3.07 bits per heavy atom. The fraction of sp³-hybridized carbons (Fsp3) is 0.714. The highest BCUT2D eigenvalue weighted by atomic mass is 16.5. The van der Waals surface area contributed by atoms with E-state index in [4.69, 9.17) is 9.84 Å². The third-order valence-electron chi connectivity index (χ3n) is 1.91. The van der Waals surface area contributed by atoms with E-state index in [-0.39, 0.29) is 13.2 Å². The summed E-state index contributed by atoms with van der Waals surface area (Å²) in [7, 11) is 0. The smallest absolute Gasteiger partial charge is 0.329 e. The molecule has 0 aromatic carbocycles. The van der Waals surface area contributed by atoms with Gasteiger partial charge in [-0.3, -0.25) is 0 Å². The van der Waals surface area contributed by atoms with Gasteiger partial charge < -0.3 is 9.84 Å². The Bertz CT molecular complexity index is 333. The molecule has 1 heterocycles. The summed E-state index contributed by atoms with van der Waals surface area (Å²) in [6.45, 7) is -0.173. The number of hydrogen-bond donors (Lipinski definition) is 1. The van der Waals surface area contributed by atoms with E-state index in [9.17, 15) is 4.79 Å². The molecule has 1 aromatic rings. The molecule has 7 nitrogen and oxygen atoms in total. The molecule has 0 atom stereocenters. The van der Waals surface area contributed by atoms with E-state index in [1.165, 1.54) is 0 Å². The van der Waals surface area contributed by atoms with Crippen LogP contribution in [-0.2, 0) is 16.1 Å². The average Bonchev–Trinajstić information content (AvgIpc) is 2.87. The van der Waals surface area contributed by atoms with Crippen LogP contribution in [0.15, 0.2) is 0 Å². The van der Waals surface area contributed by atoms with Crippen LogP contribution in [0.25, 0.3) is 0 Å². The van der Waals surface area contributed by atoms with Gasteiger partial charge in [-0.2, -0.15) is 0 Å². The molecule has 1 aromatic heterocycles. The molecule has 0 bridgehead atoms. The third kappa shape index (κ3) is 2.05. The minimum atomic E-state index is -0.990. The second-order valence-corrected chi connectivity index (χ2v) is 3.16. The molecule has 14 heavy (non-hydrogen) atoms. The van der Waals surface area contributed by atoms with Crippen LogP contribution >= 0.6 is 0 Å². The summed E-state index contributed by atoms with van der Waals surface area (Å²) in [4.78, 5) is 10.2. The molecule has 0 radical (unpaired) electrons. The lowest BCUT2D eigenvalue weighted by Gasteiger charge is -2.01. The maximum atomic E-state index is 10.2. The largest absolute Gasteiger partial charge is 0.480 e. The van der Waals surface area contributed by atoms with Crippen LogP contribution in [0.2, 0.25) is 0 Å². The first-order chi connectivity index (χ1) is 6.77. The Morgan fingerprint density at radius 1 is 1.64 bits per heavy atom. The van der Waals surface area contributed by atoms with Crippen LogP contribution in [0.1, 0.15) is 24.7 Å². The SMILES string of the molecule is O=C(O)COCc1nnnn1C1CC1. The van der Waals surface area contributed by atoms with E-state index in [0.717, 1.165) is 12.8 Å². The fourth-order valence-corrected chi connectivity index (χ4v) is 1.14. The van der Waals surface area contributed by atoms with Crippen molar-refractivity contribution >= 4 is 5.97 Å². The maximum Gasteiger partial charge on any atom is 0.329 e. The fourth-order valence-electron chi connectivity index (χ4n) is 1.14. The molecule has 2 rings (SSSR count). The van der Waals surface area contributed by atoms with E-state index in [1.54, 1.807) is 4.68 Å². The number of aromatic nitrogens is 4. The van der Waals surface area contributed by atoms with E-state index >= 15 is 0 Å². The zero-order chi connectivity index (χ0) is 9.97. The van der Waals surface area contributed by atoms with Gasteiger partial charge in [0, 0.05) is 0 Å². The number of aliphatic carboxylic acids is 1. The second kappa shape index (κ2) is 3.70. The number of tetrazole rings is 1. The first-order valence-corrected chi connectivity index (χ1v) is 4.33. The first-order valence-electron chi connectivity index (χ1n) is 4.33. The highest BCUT2D eigenvalue weighted by molar-refractivity contribution is 5.67. The maximum absolute atomic E-state index is 10.2. The van der Waals surface area contributed by atoms with Crippen molar-refractivity contribution < 1.29 is 14.6 Å². The number of carboxylic acids is 1. The summed E-state index contributed by atoms with van der Waals surface area (Å²) < 4.78 is 6.59. The molecule has 1 N–H and O–H groups in total. The van der Waals surface area contributed by atoms with Gasteiger partial charge >= 0.3 is 5.97 Å². The van der Waals surface area contributed by atoms with Gasteiger partial charge in [-0.05, 0) is 23.3 Å². The van der Waals surface area contributed by atoms with Gasteiger partial charge in [-0.25, -0.2) is 9.48 Å². The van der Waals surface area contributed by atoms with Crippen molar-refractivity contribution in [2.75, 3.05) is 6.61 Å². The van der Waals surface area contributed by atoms with Crippen molar-refractivity contribution in [3.63, 3.8) is 0 Å². The predicted octanol–water partition coefficient (Wildman–Crippen LogP) is -0.391. The Balaban J connectivity index is 1.88. The molecule has 0 saturated heterocycles. The summed E-state index contributed by atoms with van der Waals surface area (Å²) in [5.41, 5.74) is 0. The molecular weight excluding hydrogens is 188 g/mol. The van der Waals surface area contributed by atoms with E-state index in [1.807, 2.05) is 0 Å². The van der Waals surface area contributed by atoms with Gasteiger partial charge in [0.15, 0.2) is 5.82 Å². The van der Waals surface area contributed by atoms with Crippen molar-refractivity contribution in [3.8, 4) is 0 Å². The highest BCUT2D eigenvalue weighted by Crippen LogP contribution is 2.34.